The van der Waals surface area contributed by atoms with E-state index in [4.69, 9.17) is 4.74 Å². The van der Waals surface area contributed by atoms with Gasteiger partial charge in [0.25, 0.3) is 11.8 Å². The minimum Gasteiger partial charge on any atom is -0.465 e. The van der Waals surface area contributed by atoms with Gasteiger partial charge in [-0.3, -0.25) is 19.3 Å². The normalized spacial score (nSPS) is 16.2. The van der Waals surface area contributed by atoms with E-state index in [1.54, 1.807) is 60.4 Å². The van der Waals surface area contributed by atoms with Crippen LogP contribution in [0.15, 0.2) is 48.5 Å². The summed E-state index contributed by atoms with van der Waals surface area (Å²) >= 11 is 0.995. The molecule has 1 atom stereocenters. The van der Waals surface area contributed by atoms with Gasteiger partial charge < -0.3 is 15.0 Å². The quantitative estimate of drug-likeness (QED) is 0.597. The molecule has 3 amide bonds. The number of nitrogens with zero attached hydrogens (tertiary/aromatic N) is 3. The molecule has 1 aromatic heterocycles. The molecule has 0 bridgehead atoms. The van der Waals surface area contributed by atoms with Gasteiger partial charge >= 0.3 is 5.97 Å². The number of hydrogen-bond donors (Lipinski definition) is 1. The lowest BCUT2D eigenvalue weighted by Gasteiger charge is -2.40. The largest absolute Gasteiger partial charge is 0.465 e. The van der Waals surface area contributed by atoms with Gasteiger partial charge in [-0.15, -0.1) is 0 Å². The second-order valence-electron chi connectivity index (χ2n) is 7.56. The van der Waals surface area contributed by atoms with Crippen LogP contribution in [0.4, 0.5) is 10.8 Å². The molecule has 2 aliphatic heterocycles. The molecule has 0 saturated carbocycles. The SMILES string of the molecule is COC(=O)c1sc(NC(=O)CN2C(=O)c3ccccc3N3C(=O)c4ccccc4[C@H]23)nc1C. The summed E-state index contributed by atoms with van der Waals surface area (Å²) in [6.45, 7) is 1.34. The molecule has 5 rings (SSSR count). The monoisotopic (exact) mass is 462 g/mol. The van der Waals surface area contributed by atoms with Crippen molar-refractivity contribution in [1.29, 1.82) is 0 Å². The van der Waals surface area contributed by atoms with E-state index in [-0.39, 0.29) is 28.4 Å². The van der Waals surface area contributed by atoms with Crippen molar-refractivity contribution in [2.45, 2.75) is 13.1 Å². The van der Waals surface area contributed by atoms with Crippen molar-refractivity contribution < 1.29 is 23.9 Å². The number of methoxy groups -OCH3 is 1. The topological polar surface area (TPSA) is 109 Å². The molecule has 2 aliphatic rings. The number of ether oxygens (including phenoxy) is 1. The number of hydrogen-bond acceptors (Lipinski definition) is 7. The number of aryl methyl sites for hydroxylation is 1. The lowest BCUT2D eigenvalue weighted by atomic mass is 10.0. The van der Waals surface area contributed by atoms with E-state index in [0.717, 1.165) is 11.3 Å². The molecule has 0 saturated heterocycles. The van der Waals surface area contributed by atoms with Gasteiger partial charge in [-0.25, -0.2) is 9.78 Å². The van der Waals surface area contributed by atoms with Crippen LogP contribution in [0.25, 0.3) is 0 Å². The van der Waals surface area contributed by atoms with Crippen LogP contribution < -0.4 is 10.2 Å². The Hall–Kier alpha value is -4.05. The zero-order valence-corrected chi connectivity index (χ0v) is 18.5. The second kappa shape index (κ2) is 7.82. The third-order valence-corrected chi connectivity index (χ3v) is 6.66. The zero-order valence-electron chi connectivity index (χ0n) is 17.7. The summed E-state index contributed by atoms with van der Waals surface area (Å²) in [4.78, 5) is 58.7. The Morgan fingerprint density at radius 2 is 1.76 bits per heavy atom. The van der Waals surface area contributed by atoms with E-state index >= 15 is 0 Å². The van der Waals surface area contributed by atoms with Crippen LogP contribution in [0.1, 0.15) is 47.8 Å². The number of para-hydroxylation sites is 1. The summed E-state index contributed by atoms with van der Waals surface area (Å²) in [5, 5.41) is 2.88. The van der Waals surface area contributed by atoms with Crippen LogP contribution in [-0.4, -0.2) is 47.2 Å². The fraction of sp³-hybridized carbons (Fsp3) is 0.174. The van der Waals surface area contributed by atoms with Crippen LogP contribution in [0.3, 0.4) is 0 Å². The van der Waals surface area contributed by atoms with Crippen LogP contribution >= 0.6 is 11.3 Å². The molecule has 1 N–H and O–H groups in total. The Kier molecular flexibility index (Phi) is 4.94. The molecule has 3 heterocycles. The van der Waals surface area contributed by atoms with Gasteiger partial charge in [0.05, 0.1) is 24.1 Å². The highest BCUT2D eigenvalue weighted by atomic mass is 32.1. The van der Waals surface area contributed by atoms with Crippen molar-refractivity contribution in [2.75, 3.05) is 23.9 Å². The van der Waals surface area contributed by atoms with Crippen LogP contribution in [0.5, 0.6) is 0 Å². The molecule has 0 spiro atoms. The minimum absolute atomic E-state index is 0.223. The van der Waals surface area contributed by atoms with Gasteiger partial charge in [-0.2, -0.15) is 0 Å². The zero-order chi connectivity index (χ0) is 23.3. The van der Waals surface area contributed by atoms with E-state index in [0.29, 0.717) is 28.1 Å². The van der Waals surface area contributed by atoms with Crippen molar-refractivity contribution in [3.63, 3.8) is 0 Å². The maximum absolute atomic E-state index is 13.4. The molecule has 33 heavy (non-hydrogen) atoms. The first-order chi connectivity index (χ1) is 15.9. The summed E-state index contributed by atoms with van der Waals surface area (Å²) in [5.74, 6) is -1.61. The Bertz CT molecular complexity index is 1330. The number of nitrogens with one attached hydrogen (secondary N) is 1. The van der Waals surface area contributed by atoms with Gasteiger partial charge in [0.2, 0.25) is 5.91 Å². The average molecular weight is 462 g/mol. The molecule has 0 unspecified atom stereocenters. The standard InChI is InChI=1S/C23H18N4O5S/c1-12-18(22(31)32-2)33-23(24-12)25-17(28)11-26-19-13-7-3-4-8-14(13)21(30)27(19)16-10-6-5-9-15(16)20(26)29/h3-10,19H,11H2,1-2H3,(H,24,25,28)/t19-/m1/s1. The van der Waals surface area contributed by atoms with Gasteiger partial charge in [0.15, 0.2) is 5.13 Å². The van der Waals surface area contributed by atoms with Gasteiger partial charge in [0, 0.05) is 11.1 Å². The number of rotatable bonds is 4. The van der Waals surface area contributed by atoms with E-state index in [1.807, 2.05) is 0 Å². The number of benzene rings is 2. The first kappa shape index (κ1) is 20.8. The molecular formula is C23H18N4O5S. The number of carbonyl (C=O) groups excluding carboxylic acids is 4. The Morgan fingerprint density at radius 1 is 1.06 bits per heavy atom. The first-order valence-corrected chi connectivity index (χ1v) is 10.9. The molecule has 0 radical (unpaired) electrons. The van der Waals surface area contributed by atoms with Crippen molar-refractivity contribution in [1.82, 2.24) is 9.88 Å². The molecule has 0 aliphatic carbocycles. The van der Waals surface area contributed by atoms with Gasteiger partial charge in [0.1, 0.15) is 17.6 Å². The van der Waals surface area contributed by atoms with Crippen molar-refractivity contribution in [3.05, 3.63) is 75.8 Å². The first-order valence-electron chi connectivity index (χ1n) is 10.1. The Labute approximate surface area is 192 Å². The maximum Gasteiger partial charge on any atom is 0.350 e. The van der Waals surface area contributed by atoms with Crippen LogP contribution in [0, 0.1) is 6.92 Å². The number of anilines is 2. The van der Waals surface area contributed by atoms with Crippen LogP contribution in [-0.2, 0) is 9.53 Å². The summed E-state index contributed by atoms with van der Waals surface area (Å²) in [7, 11) is 1.27. The fourth-order valence-electron chi connectivity index (χ4n) is 4.18. The Morgan fingerprint density at radius 3 is 2.52 bits per heavy atom. The number of thiazole rings is 1. The highest BCUT2D eigenvalue weighted by Crippen LogP contribution is 2.45. The number of carbonyl (C=O) groups is 4. The van der Waals surface area contributed by atoms with E-state index < -0.39 is 18.0 Å². The average Bonchev–Trinajstić information content (AvgIpc) is 3.33. The predicted octanol–water partition coefficient (Wildman–Crippen LogP) is 2.99. The van der Waals surface area contributed by atoms with Crippen LogP contribution in [0.2, 0.25) is 0 Å². The number of fused-ring (bicyclic) bond motifs is 5. The molecule has 10 heteroatoms. The highest BCUT2D eigenvalue weighted by molar-refractivity contribution is 7.17. The molecule has 2 aromatic carbocycles. The third kappa shape index (κ3) is 3.26. The van der Waals surface area contributed by atoms with Crippen molar-refractivity contribution >= 4 is 45.8 Å². The van der Waals surface area contributed by atoms with E-state index in [2.05, 4.69) is 10.3 Å². The lowest BCUT2D eigenvalue weighted by molar-refractivity contribution is -0.117. The molecule has 0 fully saturated rings. The number of aromatic nitrogens is 1. The molecule has 9 nitrogen and oxygen atoms in total. The Balaban J connectivity index is 1.48. The molecular weight excluding hydrogens is 444 g/mol. The minimum atomic E-state index is -0.731. The van der Waals surface area contributed by atoms with E-state index in [9.17, 15) is 19.2 Å². The number of esters is 1. The summed E-state index contributed by atoms with van der Waals surface area (Å²) < 4.78 is 4.72. The van der Waals surface area contributed by atoms with Gasteiger partial charge in [-0.05, 0) is 25.1 Å². The lowest BCUT2D eigenvalue weighted by Crippen LogP contribution is -2.50. The molecule has 3 aromatic rings. The van der Waals surface area contributed by atoms with Gasteiger partial charge in [-0.1, -0.05) is 41.7 Å². The molecule has 166 valence electrons. The smallest absolute Gasteiger partial charge is 0.350 e. The highest BCUT2D eigenvalue weighted by Gasteiger charge is 2.48. The predicted molar refractivity (Wildman–Crippen MR) is 120 cm³/mol. The van der Waals surface area contributed by atoms with Crippen molar-refractivity contribution in [2.24, 2.45) is 0 Å². The maximum atomic E-state index is 13.4. The summed E-state index contributed by atoms with van der Waals surface area (Å²) in [5.41, 5.74) is 2.46. The third-order valence-electron chi connectivity index (χ3n) is 5.61. The van der Waals surface area contributed by atoms with Crippen molar-refractivity contribution in [3.8, 4) is 0 Å². The summed E-state index contributed by atoms with van der Waals surface area (Å²) in [6.07, 6.45) is -0.731. The fourth-order valence-corrected chi connectivity index (χ4v) is 5.08. The van der Waals surface area contributed by atoms with E-state index in [1.165, 1.54) is 12.0 Å². The second-order valence-corrected chi connectivity index (χ2v) is 8.56. The number of amides is 3. The summed E-state index contributed by atoms with van der Waals surface area (Å²) in [6, 6.07) is 13.9.